The number of rotatable bonds is 4. The van der Waals surface area contributed by atoms with Crippen molar-refractivity contribution >= 4 is 29.2 Å². The summed E-state index contributed by atoms with van der Waals surface area (Å²) in [6.07, 6.45) is 1.28. The molecule has 30 heavy (non-hydrogen) atoms. The largest absolute Gasteiger partial charge is 0.573 e. The molecular formula is C21H23ClF3NO4. The van der Waals surface area contributed by atoms with Gasteiger partial charge in [0.05, 0.1) is 5.02 Å². The van der Waals surface area contributed by atoms with Crippen LogP contribution in [-0.2, 0) is 9.59 Å². The number of carboxylic acid groups (broad SMARTS) is 1. The summed E-state index contributed by atoms with van der Waals surface area (Å²) in [5.74, 6) is -0.911. The van der Waals surface area contributed by atoms with Gasteiger partial charge in [-0.15, -0.1) is 19.6 Å². The normalized spacial score (nSPS) is 19.4. The number of benzene rings is 1. The topological polar surface area (TPSA) is 66.8 Å². The molecule has 0 aromatic heterocycles. The molecule has 1 fully saturated rings. The number of hydrogen-bond acceptors (Lipinski definition) is 3. The van der Waals surface area contributed by atoms with Gasteiger partial charge in [0.2, 0.25) is 0 Å². The number of carboxylic acids is 1. The number of aliphatic carboxylic acids is 1. The molecule has 0 unspecified atom stereocenters. The Labute approximate surface area is 178 Å². The quantitative estimate of drug-likeness (QED) is 0.641. The number of carbonyl (C=O) groups excluding carboxylic acids is 1. The van der Waals surface area contributed by atoms with Crippen LogP contribution in [0.5, 0.6) is 5.75 Å². The van der Waals surface area contributed by atoms with Gasteiger partial charge in [-0.2, -0.15) is 0 Å². The summed E-state index contributed by atoms with van der Waals surface area (Å²) in [6, 6.07) is 3.12. The van der Waals surface area contributed by atoms with Crippen molar-refractivity contribution in [3.8, 4) is 18.1 Å². The van der Waals surface area contributed by atoms with Crippen LogP contribution in [0.25, 0.3) is 0 Å². The van der Waals surface area contributed by atoms with Crippen LogP contribution >= 0.6 is 11.6 Å². The molecule has 1 aromatic carbocycles. The van der Waals surface area contributed by atoms with Crippen molar-refractivity contribution in [3.63, 3.8) is 0 Å². The zero-order valence-electron chi connectivity index (χ0n) is 17.1. The number of amides is 1. The first-order valence-corrected chi connectivity index (χ1v) is 9.49. The molecule has 0 saturated heterocycles. The lowest BCUT2D eigenvalue weighted by Crippen LogP contribution is -2.63. The first kappa shape index (κ1) is 23.9. The van der Waals surface area contributed by atoms with Crippen molar-refractivity contribution in [1.29, 1.82) is 0 Å². The smallest absolute Gasteiger partial charge is 0.479 e. The average Bonchev–Trinajstić information content (AvgIpc) is 2.53. The van der Waals surface area contributed by atoms with E-state index >= 15 is 0 Å². The van der Waals surface area contributed by atoms with E-state index in [1.165, 1.54) is 0 Å². The Morgan fingerprint density at radius 3 is 2.10 bits per heavy atom. The Hall–Kier alpha value is -2.40. The van der Waals surface area contributed by atoms with Crippen LogP contribution in [0, 0.1) is 23.2 Å². The first-order valence-electron chi connectivity index (χ1n) is 9.11. The predicted molar refractivity (Wildman–Crippen MR) is 106 cm³/mol. The molecule has 2 rings (SSSR count). The molecule has 1 aliphatic rings. The summed E-state index contributed by atoms with van der Waals surface area (Å²) < 4.78 is 41.5. The van der Waals surface area contributed by atoms with Crippen molar-refractivity contribution < 1.29 is 32.6 Å². The van der Waals surface area contributed by atoms with E-state index in [4.69, 9.17) is 18.0 Å². The van der Waals surface area contributed by atoms with Gasteiger partial charge in [0, 0.05) is 5.69 Å². The fraction of sp³-hybridized carbons (Fsp3) is 0.524. The molecule has 1 aromatic rings. The first-order chi connectivity index (χ1) is 13.5. The molecule has 1 amide bonds. The van der Waals surface area contributed by atoms with Crippen LogP contribution in [0.1, 0.15) is 47.0 Å². The number of carbonyl (C=O) groups is 2. The van der Waals surface area contributed by atoms with Crippen molar-refractivity contribution in [1.82, 2.24) is 0 Å². The summed E-state index contributed by atoms with van der Waals surface area (Å²) in [4.78, 5) is 26.3. The summed E-state index contributed by atoms with van der Waals surface area (Å²) in [6.45, 7) is 7.60. The van der Waals surface area contributed by atoms with Gasteiger partial charge in [0.25, 0.3) is 0 Å². The molecule has 1 aliphatic carbocycles. The van der Waals surface area contributed by atoms with E-state index in [9.17, 15) is 27.9 Å². The van der Waals surface area contributed by atoms with Gasteiger partial charge in [0.15, 0.2) is 0 Å². The molecule has 0 aliphatic heterocycles. The second-order valence-corrected chi connectivity index (χ2v) is 9.55. The molecule has 0 atom stereocenters. The van der Waals surface area contributed by atoms with Crippen LogP contribution in [0.4, 0.5) is 18.9 Å². The number of nitrogens with zero attached hydrogens (tertiary/aromatic N) is 1. The van der Waals surface area contributed by atoms with Crippen LogP contribution in [0.3, 0.4) is 0 Å². The van der Waals surface area contributed by atoms with E-state index in [2.05, 4.69) is 4.74 Å². The molecule has 9 heteroatoms. The highest BCUT2D eigenvalue weighted by Crippen LogP contribution is 2.53. The fourth-order valence-electron chi connectivity index (χ4n) is 4.93. The Balaban J connectivity index is 2.66. The van der Waals surface area contributed by atoms with E-state index in [1.807, 2.05) is 33.6 Å². The maximum Gasteiger partial charge on any atom is 0.573 e. The Morgan fingerprint density at radius 2 is 1.70 bits per heavy atom. The van der Waals surface area contributed by atoms with Crippen LogP contribution in [0.2, 0.25) is 5.02 Å². The van der Waals surface area contributed by atoms with Gasteiger partial charge in [-0.05, 0) is 54.2 Å². The number of alkyl halides is 3. The SMILES string of the molecule is C#CC(=O)N(c1ccc(OC(F)(F)F)c(Cl)c1)C1(C(=O)O)CC(C)(C)CC(C)(C)C1. The Kier molecular flexibility index (Phi) is 6.12. The molecule has 0 radical (unpaired) electrons. The lowest BCUT2D eigenvalue weighted by atomic mass is 9.57. The van der Waals surface area contributed by atoms with Gasteiger partial charge in [0.1, 0.15) is 11.3 Å². The lowest BCUT2D eigenvalue weighted by Gasteiger charge is -2.53. The Bertz CT molecular complexity index is 886. The molecule has 1 saturated carbocycles. The molecule has 5 nitrogen and oxygen atoms in total. The second kappa shape index (κ2) is 7.69. The summed E-state index contributed by atoms with van der Waals surface area (Å²) in [5.41, 5.74) is -2.62. The van der Waals surface area contributed by atoms with E-state index in [0.717, 1.165) is 23.1 Å². The summed E-state index contributed by atoms with van der Waals surface area (Å²) in [5, 5.41) is 9.80. The minimum Gasteiger partial charge on any atom is -0.479 e. The minimum atomic E-state index is -4.96. The monoisotopic (exact) mass is 445 g/mol. The van der Waals surface area contributed by atoms with Crippen molar-refractivity contribution in [2.75, 3.05) is 4.90 Å². The minimum absolute atomic E-state index is 0.0200. The summed E-state index contributed by atoms with van der Waals surface area (Å²) >= 11 is 5.94. The standard InChI is InChI=1S/C21H23ClF3NO4/c1-6-16(27)26(13-7-8-15(14(22)9-13)30-21(23,24)25)20(17(28)29)11-18(2,3)10-19(4,5)12-20/h1,7-9H,10-12H2,2-5H3,(H,28,29). The third-order valence-corrected chi connectivity index (χ3v) is 5.35. The van der Waals surface area contributed by atoms with Crippen LogP contribution in [0.15, 0.2) is 18.2 Å². The van der Waals surface area contributed by atoms with E-state index in [0.29, 0.717) is 6.42 Å². The molecule has 1 N–H and O–H groups in total. The average molecular weight is 446 g/mol. The van der Waals surface area contributed by atoms with Gasteiger partial charge >= 0.3 is 18.2 Å². The lowest BCUT2D eigenvalue weighted by molar-refractivity contribution is -0.274. The van der Waals surface area contributed by atoms with Gasteiger partial charge in [-0.3, -0.25) is 9.69 Å². The number of ether oxygens (including phenoxy) is 1. The zero-order chi connectivity index (χ0) is 23.1. The highest BCUT2D eigenvalue weighted by molar-refractivity contribution is 6.32. The Morgan fingerprint density at radius 1 is 1.17 bits per heavy atom. The molecule has 164 valence electrons. The highest BCUT2D eigenvalue weighted by Gasteiger charge is 2.57. The second-order valence-electron chi connectivity index (χ2n) is 9.14. The molecule has 0 bridgehead atoms. The maximum absolute atomic E-state index is 12.7. The highest BCUT2D eigenvalue weighted by atomic mass is 35.5. The molecular weight excluding hydrogens is 423 g/mol. The summed E-state index contributed by atoms with van der Waals surface area (Å²) in [7, 11) is 0. The van der Waals surface area contributed by atoms with Gasteiger partial charge in [-0.1, -0.05) is 39.3 Å². The van der Waals surface area contributed by atoms with Crippen LogP contribution in [-0.4, -0.2) is 28.9 Å². The third kappa shape index (κ3) is 5.01. The van der Waals surface area contributed by atoms with E-state index in [-0.39, 0.29) is 18.5 Å². The maximum atomic E-state index is 12.7. The third-order valence-electron chi connectivity index (χ3n) is 5.05. The van der Waals surface area contributed by atoms with Crippen LogP contribution < -0.4 is 9.64 Å². The van der Waals surface area contributed by atoms with Crippen molar-refractivity contribution in [2.24, 2.45) is 10.8 Å². The van der Waals surface area contributed by atoms with Crippen molar-refractivity contribution in [3.05, 3.63) is 23.2 Å². The molecule has 0 spiro atoms. The predicted octanol–water partition coefficient (Wildman–Crippen LogP) is 5.26. The number of terminal acetylenes is 1. The van der Waals surface area contributed by atoms with E-state index in [1.54, 1.807) is 0 Å². The van der Waals surface area contributed by atoms with Gasteiger partial charge in [-0.25, -0.2) is 4.79 Å². The van der Waals surface area contributed by atoms with E-state index < -0.39 is 45.4 Å². The van der Waals surface area contributed by atoms with Crippen molar-refractivity contribution in [2.45, 2.75) is 58.9 Å². The zero-order valence-corrected chi connectivity index (χ0v) is 17.8. The number of hydrogen-bond donors (Lipinski definition) is 1. The number of halogens is 4. The van der Waals surface area contributed by atoms with Gasteiger partial charge < -0.3 is 9.84 Å². The fourth-order valence-corrected chi connectivity index (χ4v) is 5.14. The molecule has 0 heterocycles. The number of anilines is 1.